The zero-order valence-corrected chi connectivity index (χ0v) is 16.3. The largest absolute Gasteiger partial charge is 0.360 e. The molecule has 1 fully saturated rings. The fourth-order valence-corrected chi connectivity index (χ4v) is 3.74. The Kier molecular flexibility index (Phi) is 5.86. The predicted molar refractivity (Wildman–Crippen MR) is 114 cm³/mol. The van der Waals surface area contributed by atoms with Crippen LogP contribution in [0.4, 0.5) is 15.8 Å². The molecule has 0 radical (unpaired) electrons. The number of amides is 1. The molecule has 1 aliphatic rings. The third-order valence-corrected chi connectivity index (χ3v) is 5.38. The van der Waals surface area contributed by atoms with E-state index in [2.05, 4.69) is 40.5 Å². The van der Waals surface area contributed by atoms with Crippen LogP contribution >= 0.6 is 0 Å². The van der Waals surface area contributed by atoms with E-state index in [1.807, 2.05) is 24.3 Å². The van der Waals surface area contributed by atoms with Gasteiger partial charge in [-0.05, 0) is 36.4 Å². The lowest BCUT2D eigenvalue weighted by Crippen LogP contribution is -3.13. The summed E-state index contributed by atoms with van der Waals surface area (Å²) in [6.45, 7) is 5.27. The number of hydrogen-bond acceptors (Lipinski definition) is 2. The zero-order chi connectivity index (χ0) is 20.1. The number of benzene rings is 3. The summed E-state index contributed by atoms with van der Waals surface area (Å²) in [7, 11) is 0. The smallest absolute Gasteiger partial charge is 0.258 e. The first kappa shape index (κ1) is 19.2. The highest BCUT2D eigenvalue weighted by Crippen LogP contribution is 2.19. The van der Waals surface area contributed by atoms with Crippen molar-refractivity contribution in [2.75, 3.05) is 36.4 Å². The third kappa shape index (κ3) is 4.81. The average molecular weight is 390 g/mol. The molecular weight excluding hydrogens is 365 g/mol. The molecule has 0 unspecified atom stereocenters. The van der Waals surface area contributed by atoms with Gasteiger partial charge in [-0.25, -0.2) is 4.39 Å². The Bertz CT molecular complexity index is 951. The molecule has 0 bridgehead atoms. The Balaban J connectivity index is 1.32. The fraction of sp³-hybridized carbons (Fsp3) is 0.208. The van der Waals surface area contributed by atoms with Crippen LogP contribution in [0.1, 0.15) is 15.9 Å². The lowest BCUT2D eigenvalue weighted by molar-refractivity contribution is -0.914. The molecule has 3 aromatic rings. The minimum absolute atomic E-state index is 0.0501. The molecule has 1 heterocycles. The van der Waals surface area contributed by atoms with Gasteiger partial charge in [-0.15, -0.1) is 0 Å². The van der Waals surface area contributed by atoms with Crippen molar-refractivity contribution in [2.45, 2.75) is 6.54 Å². The molecule has 1 amide bonds. The lowest BCUT2D eigenvalue weighted by atomic mass is 10.1. The first-order valence-electron chi connectivity index (χ1n) is 9.97. The van der Waals surface area contributed by atoms with E-state index in [4.69, 9.17) is 0 Å². The Hall–Kier alpha value is -3.18. The van der Waals surface area contributed by atoms with Gasteiger partial charge >= 0.3 is 0 Å². The second-order valence-electron chi connectivity index (χ2n) is 7.38. The minimum atomic E-state index is -0.516. The number of anilines is 2. The molecule has 0 aromatic heterocycles. The Morgan fingerprint density at radius 1 is 0.897 bits per heavy atom. The SMILES string of the molecule is O=C(Nc1ccc(N2CC[NH+](Cc3ccccc3)CC2)cc1)c1ccccc1F. The Morgan fingerprint density at radius 2 is 1.55 bits per heavy atom. The van der Waals surface area contributed by atoms with Gasteiger partial charge in [-0.3, -0.25) is 4.79 Å². The highest BCUT2D eigenvalue weighted by Gasteiger charge is 2.20. The number of quaternary nitrogens is 1. The Labute approximate surface area is 170 Å². The van der Waals surface area contributed by atoms with Crippen LogP contribution < -0.4 is 15.1 Å². The topological polar surface area (TPSA) is 36.8 Å². The molecule has 0 aliphatic carbocycles. The monoisotopic (exact) mass is 390 g/mol. The van der Waals surface area contributed by atoms with Crippen molar-refractivity contribution in [1.82, 2.24) is 0 Å². The molecule has 4 nitrogen and oxygen atoms in total. The summed E-state index contributed by atoms with van der Waals surface area (Å²) in [6, 6.07) is 24.4. The van der Waals surface area contributed by atoms with Crippen LogP contribution in [-0.2, 0) is 6.54 Å². The second kappa shape index (κ2) is 8.88. The summed E-state index contributed by atoms with van der Waals surface area (Å²) in [5.41, 5.74) is 3.24. The van der Waals surface area contributed by atoms with Crippen LogP contribution in [0.3, 0.4) is 0 Å². The lowest BCUT2D eigenvalue weighted by Gasteiger charge is -2.33. The van der Waals surface area contributed by atoms with E-state index in [1.54, 1.807) is 17.0 Å². The number of carbonyl (C=O) groups excluding carboxylic acids is 1. The molecular formula is C24H25FN3O+. The van der Waals surface area contributed by atoms with Gasteiger partial charge in [-0.1, -0.05) is 42.5 Å². The van der Waals surface area contributed by atoms with Gasteiger partial charge in [0.25, 0.3) is 5.91 Å². The fourth-order valence-electron chi connectivity index (χ4n) is 3.74. The quantitative estimate of drug-likeness (QED) is 0.703. The van der Waals surface area contributed by atoms with Crippen LogP contribution in [0.25, 0.3) is 0 Å². The maximum Gasteiger partial charge on any atom is 0.258 e. The van der Waals surface area contributed by atoms with Crippen molar-refractivity contribution in [3.8, 4) is 0 Å². The van der Waals surface area contributed by atoms with Crippen LogP contribution in [-0.4, -0.2) is 32.1 Å². The third-order valence-electron chi connectivity index (χ3n) is 5.38. The molecule has 0 saturated carbocycles. The average Bonchev–Trinajstić information content (AvgIpc) is 2.76. The van der Waals surface area contributed by atoms with Gasteiger partial charge in [0, 0.05) is 16.9 Å². The van der Waals surface area contributed by atoms with Gasteiger partial charge in [0.15, 0.2) is 0 Å². The van der Waals surface area contributed by atoms with Crippen LogP contribution in [0.15, 0.2) is 78.9 Å². The van der Waals surface area contributed by atoms with Crippen molar-refractivity contribution in [1.29, 1.82) is 0 Å². The van der Waals surface area contributed by atoms with E-state index >= 15 is 0 Å². The summed E-state index contributed by atoms with van der Waals surface area (Å²) in [5, 5.41) is 2.76. The standard InChI is InChI=1S/C24H24FN3O/c25-23-9-5-4-8-22(23)24(29)26-20-10-12-21(13-11-20)28-16-14-27(15-17-28)18-19-6-2-1-3-7-19/h1-13H,14-18H2,(H,26,29)/p+1. The molecule has 3 aromatic carbocycles. The molecule has 29 heavy (non-hydrogen) atoms. The minimum Gasteiger partial charge on any atom is -0.360 e. The molecule has 0 atom stereocenters. The van der Waals surface area contributed by atoms with E-state index < -0.39 is 11.7 Å². The van der Waals surface area contributed by atoms with Crippen LogP contribution in [0.5, 0.6) is 0 Å². The highest BCUT2D eigenvalue weighted by atomic mass is 19.1. The number of nitrogens with one attached hydrogen (secondary N) is 2. The summed E-state index contributed by atoms with van der Waals surface area (Å²) in [5.74, 6) is -0.952. The molecule has 0 spiro atoms. The van der Waals surface area contributed by atoms with E-state index in [1.165, 1.54) is 17.7 Å². The van der Waals surface area contributed by atoms with Crippen molar-refractivity contribution in [3.63, 3.8) is 0 Å². The van der Waals surface area contributed by atoms with Gasteiger partial charge in [0.1, 0.15) is 12.4 Å². The molecule has 4 rings (SSSR count). The van der Waals surface area contributed by atoms with Crippen LogP contribution in [0, 0.1) is 5.82 Å². The number of rotatable bonds is 5. The molecule has 5 heteroatoms. The number of nitrogens with zero attached hydrogens (tertiary/aromatic N) is 1. The molecule has 148 valence electrons. The highest BCUT2D eigenvalue weighted by molar-refractivity contribution is 6.04. The summed E-state index contributed by atoms with van der Waals surface area (Å²) >= 11 is 0. The number of carbonyl (C=O) groups is 1. The zero-order valence-electron chi connectivity index (χ0n) is 16.3. The van der Waals surface area contributed by atoms with Gasteiger partial charge in [0.2, 0.25) is 0 Å². The molecule has 2 N–H and O–H groups in total. The second-order valence-corrected chi connectivity index (χ2v) is 7.38. The summed E-state index contributed by atoms with van der Waals surface area (Å²) in [6.07, 6.45) is 0. The normalized spacial score (nSPS) is 14.6. The first-order valence-corrected chi connectivity index (χ1v) is 9.97. The summed E-state index contributed by atoms with van der Waals surface area (Å²) in [4.78, 5) is 16.2. The van der Waals surface area contributed by atoms with Crippen molar-refractivity contribution in [3.05, 3.63) is 95.8 Å². The Morgan fingerprint density at radius 3 is 2.24 bits per heavy atom. The number of hydrogen-bond donors (Lipinski definition) is 2. The summed E-state index contributed by atoms with van der Waals surface area (Å²) < 4.78 is 13.7. The number of halogens is 1. The van der Waals surface area contributed by atoms with Crippen molar-refractivity contribution >= 4 is 17.3 Å². The predicted octanol–water partition coefficient (Wildman–Crippen LogP) is 2.98. The molecule has 1 saturated heterocycles. The number of piperazine rings is 1. The van der Waals surface area contributed by atoms with Crippen molar-refractivity contribution < 1.29 is 14.1 Å². The van der Waals surface area contributed by atoms with E-state index in [-0.39, 0.29) is 5.56 Å². The molecule has 1 aliphatic heterocycles. The first-order chi connectivity index (χ1) is 14.2. The van der Waals surface area contributed by atoms with Gasteiger partial charge in [0.05, 0.1) is 31.7 Å². The van der Waals surface area contributed by atoms with Gasteiger partial charge in [-0.2, -0.15) is 0 Å². The maximum atomic E-state index is 13.7. The van der Waals surface area contributed by atoms with Gasteiger partial charge < -0.3 is 15.1 Å². The van der Waals surface area contributed by atoms with Crippen LogP contribution in [0.2, 0.25) is 0 Å². The van der Waals surface area contributed by atoms with E-state index in [9.17, 15) is 9.18 Å². The maximum absolute atomic E-state index is 13.7. The van der Waals surface area contributed by atoms with E-state index in [0.717, 1.165) is 38.4 Å². The van der Waals surface area contributed by atoms with E-state index in [0.29, 0.717) is 5.69 Å². The van der Waals surface area contributed by atoms with Crippen molar-refractivity contribution in [2.24, 2.45) is 0 Å².